The van der Waals surface area contributed by atoms with Gasteiger partial charge in [-0.15, -0.1) is 0 Å². The van der Waals surface area contributed by atoms with Crippen molar-refractivity contribution in [2.24, 2.45) is 5.92 Å². The molecule has 0 spiro atoms. The summed E-state index contributed by atoms with van der Waals surface area (Å²) in [4.78, 5) is 2.57. The van der Waals surface area contributed by atoms with Crippen LogP contribution in [-0.2, 0) is 0 Å². The Morgan fingerprint density at radius 1 is 1.09 bits per heavy atom. The molecule has 0 aromatic heterocycles. The molecule has 0 unspecified atom stereocenters. The minimum absolute atomic E-state index is 0.324. The van der Waals surface area contributed by atoms with Crippen LogP contribution in [0.4, 0.5) is 0 Å². The Bertz CT molecular complexity index is 470. The zero-order chi connectivity index (χ0) is 15.5. The van der Waals surface area contributed by atoms with Gasteiger partial charge in [0.25, 0.3) is 0 Å². The molecule has 22 heavy (non-hydrogen) atoms. The van der Waals surface area contributed by atoms with Crippen LogP contribution in [0.1, 0.15) is 43.7 Å². The Hall–Kier alpha value is -0.100. The molecule has 2 aliphatic rings. The molecule has 1 aliphatic heterocycles. The molecule has 3 nitrogen and oxygen atoms in total. The maximum absolute atomic E-state index is 10.6. The van der Waals surface area contributed by atoms with Gasteiger partial charge in [-0.2, -0.15) is 0 Å². The van der Waals surface area contributed by atoms with Crippen molar-refractivity contribution in [3.05, 3.63) is 26.6 Å². The van der Waals surface area contributed by atoms with E-state index in [2.05, 4.69) is 48.1 Å². The van der Waals surface area contributed by atoms with Gasteiger partial charge in [0.2, 0.25) is 0 Å². The topological polar surface area (TPSA) is 35.5 Å². The molecule has 1 saturated carbocycles. The highest BCUT2D eigenvalue weighted by Crippen LogP contribution is 2.45. The van der Waals surface area contributed by atoms with Gasteiger partial charge in [0.05, 0.1) is 0 Å². The Morgan fingerprint density at radius 3 is 2.41 bits per heavy atom. The second kappa shape index (κ2) is 7.65. The first-order valence-corrected chi connectivity index (χ1v) is 9.88. The molecular weight excluding hydrogens is 408 g/mol. The Morgan fingerprint density at radius 2 is 1.77 bits per heavy atom. The SMILES string of the molecule is Oc1cc(Br)cc(Br)c1[C@H](C1CCCCC1)N1CCNCC1. The summed E-state index contributed by atoms with van der Waals surface area (Å²) >= 11 is 7.17. The van der Waals surface area contributed by atoms with Gasteiger partial charge in [-0.1, -0.05) is 51.1 Å². The van der Waals surface area contributed by atoms with Gasteiger partial charge in [0.1, 0.15) is 5.75 Å². The van der Waals surface area contributed by atoms with Crippen LogP contribution in [0, 0.1) is 5.92 Å². The summed E-state index contributed by atoms with van der Waals surface area (Å²) in [6, 6.07) is 4.22. The number of phenols is 1. The van der Waals surface area contributed by atoms with Gasteiger partial charge >= 0.3 is 0 Å². The largest absolute Gasteiger partial charge is 0.508 e. The van der Waals surface area contributed by atoms with Crippen LogP contribution in [0.2, 0.25) is 0 Å². The summed E-state index contributed by atoms with van der Waals surface area (Å²) in [7, 11) is 0. The summed E-state index contributed by atoms with van der Waals surface area (Å²) in [6.45, 7) is 4.20. The van der Waals surface area contributed by atoms with Crippen LogP contribution in [-0.4, -0.2) is 36.2 Å². The number of halogens is 2. The monoisotopic (exact) mass is 430 g/mol. The van der Waals surface area contributed by atoms with E-state index < -0.39 is 0 Å². The van der Waals surface area contributed by atoms with Crippen molar-refractivity contribution in [2.75, 3.05) is 26.2 Å². The number of piperazine rings is 1. The molecule has 1 heterocycles. The first-order chi connectivity index (χ1) is 10.7. The van der Waals surface area contributed by atoms with E-state index in [0.29, 0.717) is 17.7 Å². The molecule has 1 aliphatic carbocycles. The summed E-state index contributed by atoms with van der Waals surface area (Å²) in [6.07, 6.45) is 6.55. The lowest BCUT2D eigenvalue weighted by molar-refractivity contribution is 0.101. The summed E-state index contributed by atoms with van der Waals surface area (Å²) in [5, 5.41) is 14.0. The smallest absolute Gasteiger partial charge is 0.122 e. The number of benzene rings is 1. The molecule has 1 saturated heterocycles. The van der Waals surface area contributed by atoms with E-state index in [1.165, 1.54) is 32.1 Å². The number of nitrogens with one attached hydrogen (secondary N) is 1. The maximum Gasteiger partial charge on any atom is 0.122 e. The first kappa shape index (κ1) is 16.7. The highest BCUT2D eigenvalue weighted by Gasteiger charge is 2.33. The molecule has 122 valence electrons. The molecule has 5 heteroatoms. The van der Waals surface area contributed by atoms with Gasteiger partial charge in [-0.05, 0) is 30.9 Å². The lowest BCUT2D eigenvalue weighted by atomic mass is 9.80. The minimum Gasteiger partial charge on any atom is -0.508 e. The predicted molar refractivity (Wildman–Crippen MR) is 97.3 cm³/mol. The van der Waals surface area contributed by atoms with E-state index in [4.69, 9.17) is 0 Å². The highest BCUT2D eigenvalue weighted by molar-refractivity contribution is 9.11. The van der Waals surface area contributed by atoms with Crippen molar-refractivity contribution in [3.63, 3.8) is 0 Å². The van der Waals surface area contributed by atoms with E-state index in [1.54, 1.807) is 0 Å². The maximum atomic E-state index is 10.6. The number of rotatable bonds is 3. The Kier molecular flexibility index (Phi) is 5.82. The van der Waals surface area contributed by atoms with Gasteiger partial charge in [0, 0.05) is 46.7 Å². The molecule has 2 N–H and O–H groups in total. The van der Waals surface area contributed by atoms with Crippen LogP contribution >= 0.6 is 31.9 Å². The number of nitrogens with zero attached hydrogens (tertiary/aromatic N) is 1. The average Bonchev–Trinajstić information content (AvgIpc) is 2.52. The van der Waals surface area contributed by atoms with Crippen LogP contribution in [0.5, 0.6) is 5.75 Å². The van der Waals surface area contributed by atoms with Crippen LogP contribution in [0.3, 0.4) is 0 Å². The van der Waals surface area contributed by atoms with E-state index in [1.807, 2.05) is 6.07 Å². The standard InChI is InChI=1S/C17H24Br2N2O/c18-13-10-14(19)16(15(22)11-13)17(12-4-2-1-3-5-12)21-8-6-20-7-9-21/h10-12,17,20,22H,1-9H2/t17-/m0/s1. The minimum atomic E-state index is 0.324. The van der Waals surface area contributed by atoms with Gasteiger partial charge in [0.15, 0.2) is 0 Å². The number of phenolic OH excluding ortho intramolecular Hbond substituents is 1. The molecular formula is C17H24Br2N2O. The van der Waals surface area contributed by atoms with Crippen molar-refractivity contribution in [2.45, 2.75) is 38.1 Å². The normalized spacial score (nSPS) is 22.6. The second-order valence-electron chi connectivity index (χ2n) is 6.45. The molecule has 0 bridgehead atoms. The zero-order valence-electron chi connectivity index (χ0n) is 12.8. The molecule has 1 aromatic carbocycles. The third-order valence-corrected chi connectivity index (χ3v) is 6.12. The van der Waals surface area contributed by atoms with Crippen LogP contribution in [0.15, 0.2) is 21.1 Å². The fourth-order valence-corrected chi connectivity index (χ4v) is 5.43. The van der Waals surface area contributed by atoms with Crippen molar-refractivity contribution in [3.8, 4) is 5.75 Å². The van der Waals surface area contributed by atoms with E-state index in [0.717, 1.165) is 40.7 Å². The lowest BCUT2D eigenvalue weighted by Crippen LogP contribution is -2.47. The predicted octanol–water partition coefficient (Wildman–Crippen LogP) is 4.44. The summed E-state index contributed by atoms with van der Waals surface area (Å²) in [5.74, 6) is 1.06. The van der Waals surface area contributed by atoms with Crippen molar-refractivity contribution in [1.82, 2.24) is 10.2 Å². The van der Waals surface area contributed by atoms with Gasteiger partial charge in [-0.25, -0.2) is 0 Å². The van der Waals surface area contributed by atoms with Crippen molar-refractivity contribution >= 4 is 31.9 Å². The van der Waals surface area contributed by atoms with Gasteiger partial charge in [-0.3, -0.25) is 4.90 Å². The van der Waals surface area contributed by atoms with Gasteiger partial charge < -0.3 is 10.4 Å². The Balaban J connectivity index is 1.96. The van der Waals surface area contributed by atoms with Crippen molar-refractivity contribution < 1.29 is 5.11 Å². The third-order valence-electron chi connectivity index (χ3n) is 5.01. The molecule has 0 amide bonds. The number of hydrogen-bond acceptors (Lipinski definition) is 3. The fraction of sp³-hybridized carbons (Fsp3) is 0.647. The summed E-state index contributed by atoms with van der Waals surface area (Å²) < 4.78 is 1.94. The first-order valence-electron chi connectivity index (χ1n) is 8.29. The molecule has 0 radical (unpaired) electrons. The van der Waals surface area contributed by atoms with E-state index in [9.17, 15) is 5.11 Å². The third kappa shape index (κ3) is 3.69. The van der Waals surface area contributed by atoms with Crippen molar-refractivity contribution in [1.29, 1.82) is 0 Å². The molecule has 1 atom stereocenters. The van der Waals surface area contributed by atoms with Crippen LogP contribution in [0.25, 0.3) is 0 Å². The van der Waals surface area contributed by atoms with E-state index in [-0.39, 0.29) is 0 Å². The molecule has 3 rings (SSSR count). The molecule has 1 aromatic rings. The second-order valence-corrected chi connectivity index (χ2v) is 8.22. The lowest BCUT2D eigenvalue weighted by Gasteiger charge is -2.41. The Labute approximate surface area is 149 Å². The fourth-order valence-electron chi connectivity index (χ4n) is 3.99. The average molecular weight is 432 g/mol. The summed E-state index contributed by atoms with van der Waals surface area (Å²) in [5.41, 5.74) is 1.08. The molecule has 2 fully saturated rings. The number of hydrogen-bond donors (Lipinski definition) is 2. The van der Waals surface area contributed by atoms with E-state index >= 15 is 0 Å². The van der Waals surface area contributed by atoms with Crippen LogP contribution < -0.4 is 5.32 Å². The highest BCUT2D eigenvalue weighted by atomic mass is 79.9. The number of aromatic hydroxyl groups is 1. The quantitative estimate of drug-likeness (QED) is 0.742. The zero-order valence-corrected chi connectivity index (χ0v) is 16.0.